The summed E-state index contributed by atoms with van der Waals surface area (Å²) in [7, 11) is 3.49. The maximum atomic E-state index is 13.9. The van der Waals surface area contributed by atoms with Crippen LogP contribution in [-0.2, 0) is 33.6 Å². The number of esters is 1. The number of amides is 1. The van der Waals surface area contributed by atoms with Crippen LogP contribution in [-0.4, -0.2) is 80.5 Å². The standard InChI is InChI=1S/C38H43N3O8S2/c1-3-22(8-12-43)36(46)49-37(2)9-6-24-20-50-51-21-28-7-10-41(28)33(44)15-27-19-40-32(39)16-29(27)34(24)38(37)18-26-14-25-13-23(5-4-11-42)35(45)47-30(25)17-31(26)48-38/h3,6,13-14,16-17,19,28,34,42-43H,4-5,7-12,15,18,20-21H2,1-2H3,(H2,39,40)/b22-3+/t28-,34+,37+,38+/m0/s1. The van der Waals surface area contributed by atoms with Crippen molar-refractivity contribution in [3.63, 3.8) is 0 Å². The fourth-order valence-electron chi connectivity index (χ4n) is 7.96. The van der Waals surface area contributed by atoms with Crippen molar-refractivity contribution in [1.29, 1.82) is 0 Å². The summed E-state index contributed by atoms with van der Waals surface area (Å²) >= 11 is 0. The number of aliphatic hydroxyl groups is 2. The Morgan fingerprint density at radius 2 is 2.02 bits per heavy atom. The normalized spacial score (nSPS) is 26.1. The smallest absolute Gasteiger partial charge is 0.339 e. The third kappa shape index (κ3) is 6.47. The molecule has 51 heavy (non-hydrogen) atoms. The van der Waals surface area contributed by atoms with Crippen LogP contribution in [0.4, 0.5) is 5.82 Å². The molecule has 270 valence electrons. The number of anilines is 1. The molecule has 1 saturated heterocycles. The van der Waals surface area contributed by atoms with Gasteiger partial charge in [-0.05, 0) is 68.0 Å². The second kappa shape index (κ2) is 14.3. The summed E-state index contributed by atoms with van der Waals surface area (Å²) in [5, 5.41) is 19.8. The number of allylic oxidation sites excluding steroid dienone is 1. The average Bonchev–Trinajstić information content (AvgIpc) is 3.45. The molecule has 1 amide bonds. The number of nitrogens with two attached hydrogens (primary N) is 1. The van der Waals surface area contributed by atoms with Crippen molar-refractivity contribution in [2.24, 2.45) is 0 Å². The van der Waals surface area contributed by atoms with Gasteiger partial charge in [-0.1, -0.05) is 39.3 Å². The van der Waals surface area contributed by atoms with Crippen molar-refractivity contribution in [2.75, 3.05) is 37.0 Å². The Bertz CT molecular complexity index is 2000. The number of aryl methyl sites for hydroxylation is 1. The quantitative estimate of drug-likeness (QED) is 0.101. The Morgan fingerprint density at radius 3 is 2.76 bits per heavy atom. The molecule has 13 heteroatoms. The number of ether oxygens (including phenoxy) is 2. The fraction of sp³-hybridized carbons (Fsp3) is 0.474. The van der Waals surface area contributed by atoms with Gasteiger partial charge in [0.25, 0.3) is 0 Å². The number of carbonyl (C=O) groups excluding carboxylic acids is 2. The molecule has 0 unspecified atom stereocenters. The van der Waals surface area contributed by atoms with Gasteiger partial charge in [0.15, 0.2) is 11.2 Å². The summed E-state index contributed by atoms with van der Waals surface area (Å²) in [4.78, 5) is 46.9. The minimum atomic E-state index is -1.24. The highest BCUT2D eigenvalue weighted by molar-refractivity contribution is 8.76. The van der Waals surface area contributed by atoms with E-state index in [9.17, 15) is 24.6 Å². The Kier molecular flexibility index (Phi) is 10.0. The molecule has 2 aromatic heterocycles. The number of nitrogen functional groups attached to an aromatic ring is 1. The highest BCUT2D eigenvalue weighted by Gasteiger charge is 2.64. The summed E-state index contributed by atoms with van der Waals surface area (Å²) in [6.45, 7) is 4.12. The van der Waals surface area contributed by atoms with Crippen LogP contribution in [0.1, 0.15) is 67.7 Å². The van der Waals surface area contributed by atoms with Gasteiger partial charge in [-0.3, -0.25) is 4.79 Å². The van der Waals surface area contributed by atoms with E-state index < -0.39 is 28.7 Å². The fourth-order valence-corrected chi connectivity index (χ4v) is 10.5. The van der Waals surface area contributed by atoms with Crippen molar-refractivity contribution in [3.05, 3.63) is 86.4 Å². The van der Waals surface area contributed by atoms with Crippen molar-refractivity contribution in [3.8, 4) is 5.75 Å². The lowest BCUT2D eigenvalue weighted by Gasteiger charge is -2.52. The van der Waals surface area contributed by atoms with Crippen molar-refractivity contribution in [2.45, 2.75) is 82.0 Å². The number of hydrogen-bond donors (Lipinski definition) is 3. The lowest BCUT2D eigenvalue weighted by Crippen LogP contribution is -2.63. The molecule has 3 aliphatic heterocycles. The Labute approximate surface area is 304 Å². The third-order valence-electron chi connectivity index (χ3n) is 10.9. The van der Waals surface area contributed by atoms with Gasteiger partial charge in [0.2, 0.25) is 5.91 Å². The van der Waals surface area contributed by atoms with E-state index in [4.69, 9.17) is 19.6 Å². The lowest BCUT2D eigenvalue weighted by molar-refractivity contribution is -0.183. The van der Waals surface area contributed by atoms with Crippen molar-refractivity contribution >= 4 is 50.3 Å². The second-order valence-corrected chi connectivity index (χ2v) is 16.4. The molecule has 5 heterocycles. The largest absolute Gasteiger partial charge is 0.481 e. The van der Waals surface area contributed by atoms with Gasteiger partial charge in [-0.25, -0.2) is 14.6 Å². The van der Waals surface area contributed by atoms with Crippen LogP contribution < -0.4 is 16.1 Å². The molecule has 0 radical (unpaired) electrons. The molecule has 4 N–H and O–H groups in total. The van der Waals surface area contributed by atoms with Crippen LogP contribution in [0.15, 0.2) is 63.0 Å². The maximum Gasteiger partial charge on any atom is 0.339 e. The molecular formula is C38H43N3O8S2. The molecule has 1 fully saturated rings. The highest BCUT2D eigenvalue weighted by atomic mass is 33.1. The summed E-state index contributed by atoms with van der Waals surface area (Å²) in [6, 6.07) is 7.53. The maximum absolute atomic E-state index is 13.9. The van der Waals surface area contributed by atoms with Gasteiger partial charge in [0.1, 0.15) is 17.2 Å². The number of hydrogen-bond acceptors (Lipinski definition) is 12. The molecule has 1 spiro atoms. The Balaban J connectivity index is 1.41. The van der Waals surface area contributed by atoms with Gasteiger partial charge >= 0.3 is 11.6 Å². The SMILES string of the molecule is C/C=C(\CCO)C(=O)O[C@]1(C)CC=C2CSSC[C@@H]3CCN3C(=O)Cc3cnc(N)cc3[C@@H]2[C@]12Cc1cc3cc(CCCO)c(=O)oc3cc1O2. The zero-order valence-corrected chi connectivity index (χ0v) is 30.4. The molecule has 4 aliphatic rings. The lowest BCUT2D eigenvalue weighted by atomic mass is 9.61. The van der Waals surface area contributed by atoms with Crippen LogP contribution >= 0.6 is 21.6 Å². The van der Waals surface area contributed by atoms with Crippen LogP contribution in [0.2, 0.25) is 0 Å². The van der Waals surface area contributed by atoms with Crippen LogP contribution in [0.5, 0.6) is 5.75 Å². The van der Waals surface area contributed by atoms with Crippen LogP contribution in [0.25, 0.3) is 11.0 Å². The predicted molar refractivity (Wildman–Crippen MR) is 198 cm³/mol. The molecule has 0 saturated carbocycles. The molecule has 0 bridgehead atoms. The molecule has 1 aromatic carbocycles. The van der Waals surface area contributed by atoms with E-state index in [0.29, 0.717) is 59.7 Å². The zero-order valence-electron chi connectivity index (χ0n) is 28.8. The van der Waals surface area contributed by atoms with E-state index in [1.165, 1.54) is 0 Å². The molecular weight excluding hydrogens is 691 g/mol. The Hall–Kier alpha value is -3.78. The predicted octanol–water partition coefficient (Wildman–Crippen LogP) is 4.65. The minimum absolute atomic E-state index is 0.0328. The van der Waals surface area contributed by atoms with Gasteiger partial charge in [0, 0.05) is 85.4 Å². The van der Waals surface area contributed by atoms with Gasteiger partial charge in [-0.2, -0.15) is 0 Å². The molecule has 1 aliphatic carbocycles. The van der Waals surface area contributed by atoms with E-state index in [1.54, 1.807) is 52.9 Å². The van der Waals surface area contributed by atoms with E-state index in [2.05, 4.69) is 11.1 Å². The first-order valence-electron chi connectivity index (χ1n) is 17.5. The van der Waals surface area contributed by atoms with Crippen molar-refractivity contribution < 1.29 is 33.7 Å². The number of carbonyl (C=O) groups is 2. The number of rotatable bonds is 7. The first-order chi connectivity index (χ1) is 24.6. The zero-order chi connectivity index (χ0) is 35.9. The number of aromatic nitrogens is 1. The van der Waals surface area contributed by atoms with E-state index in [1.807, 2.05) is 24.0 Å². The monoisotopic (exact) mass is 733 g/mol. The van der Waals surface area contributed by atoms with E-state index in [-0.39, 0.29) is 38.0 Å². The average molecular weight is 734 g/mol. The molecule has 4 atom stereocenters. The summed E-state index contributed by atoms with van der Waals surface area (Å²) in [5.74, 6) is 1.29. The van der Waals surface area contributed by atoms with Crippen LogP contribution in [0.3, 0.4) is 0 Å². The van der Waals surface area contributed by atoms with E-state index >= 15 is 0 Å². The van der Waals surface area contributed by atoms with Crippen LogP contribution in [0, 0.1) is 0 Å². The summed E-state index contributed by atoms with van der Waals surface area (Å²) in [6.07, 6.45) is 8.27. The minimum Gasteiger partial charge on any atom is -0.481 e. The number of nitrogens with zero attached hydrogens (tertiary/aromatic N) is 2. The third-order valence-corrected chi connectivity index (χ3v) is 13.3. The van der Waals surface area contributed by atoms with Gasteiger partial charge in [0.05, 0.1) is 12.3 Å². The summed E-state index contributed by atoms with van der Waals surface area (Å²) in [5.41, 5.74) is 8.14. The van der Waals surface area contributed by atoms with Gasteiger partial charge < -0.3 is 34.7 Å². The number of aliphatic hydroxyl groups excluding tert-OH is 2. The number of pyridine rings is 1. The van der Waals surface area contributed by atoms with Gasteiger partial charge in [-0.15, -0.1) is 0 Å². The second-order valence-electron chi connectivity index (χ2n) is 13.9. The topological polar surface area (TPSA) is 165 Å². The molecule has 7 rings (SSSR count). The first kappa shape index (κ1) is 35.6. The molecule has 11 nitrogen and oxygen atoms in total. The van der Waals surface area contributed by atoms with E-state index in [0.717, 1.165) is 46.4 Å². The number of fused-ring (bicyclic) bond motifs is 7. The highest BCUT2D eigenvalue weighted by Crippen LogP contribution is 2.58. The first-order valence-corrected chi connectivity index (χ1v) is 19.9. The summed E-state index contributed by atoms with van der Waals surface area (Å²) < 4.78 is 19.5. The number of benzene rings is 1. The van der Waals surface area contributed by atoms with Crippen molar-refractivity contribution in [1.82, 2.24) is 9.88 Å². The molecule has 3 aromatic rings. The Morgan fingerprint density at radius 1 is 1.18 bits per heavy atom.